The maximum absolute atomic E-state index is 12.3. The van der Waals surface area contributed by atoms with Crippen LogP contribution in [0.5, 0.6) is 5.75 Å². The van der Waals surface area contributed by atoms with E-state index >= 15 is 0 Å². The van der Waals surface area contributed by atoms with Gasteiger partial charge in [0.2, 0.25) is 5.91 Å². The molecule has 2 amide bonds. The minimum atomic E-state index is -0.801. The number of benzene rings is 2. The van der Waals surface area contributed by atoms with Crippen LogP contribution in [0.2, 0.25) is 0 Å². The van der Waals surface area contributed by atoms with Gasteiger partial charge in [-0.3, -0.25) is 19.7 Å². The molecule has 0 bridgehead atoms. The summed E-state index contributed by atoms with van der Waals surface area (Å²) in [6.07, 6.45) is -0.801. The van der Waals surface area contributed by atoms with E-state index in [0.29, 0.717) is 0 Å². The average Bonchev–Trinajstić information content (AvgIpc) is 3.14. The zero-order valence-electron chi connectivity index (χ0n) is 13.0. The molecule has 2 aliphatic heterocycles. The number of hydrogen-bond acceptors (Lipinski definition) is 5. The Kier molecular flexibility index (Phi) is 3.46. The van der Waals surface area contributed by atoms with E-state index in [1.54, 1.807) is 12.2 Å². The second kappa shape index (κ2) is 5.65. The Bertz CT molecular complexity index is 775. The summed E-state index contributed by atoms with van der Waals surface area (Å²) in [5.41, 5.74) is 1.69. The molecule has 6 nitrogen and oxygen atoms in total. The summed E-state index contributed by atoms with van der Waals surface area (Å²) < 4.78 is 5.19. The fourth-order valence-corrected chi connectivity index (χ4v) is 3.27. The van der Waals surface area contributed by atoms with Gasteiger partial charge in [-0.25, -0.2) is 5.06 Å². The number of hydroxylamine groups is 1. The van der Waals surface area contributed by atoms with Crippen molar-refractivity contribution in [2.45, 2.75) is 12.1 Å². The number of imide groups is 1. The molecule has 0 unspecified atom stereocenters. The van der Waals surface area contributed by atoms with E-state index in [2.05, 4.69) is 5.32 Å². The fourth-order valence-electron chi connectivity index (χ4n) is 3.27. The van der Waals surface area contributed by atoms with Crippen LogP contribution >= 0.6 is 0 Å². The van der Waals surface area contributed by atoms with Crippen molar-refractivity contribution in [3.63, 3.8) is 0 Å². The number of rotatable bonds is 3. The standard InChI is InChI=1S/C18H16N2O4/c1-23-13-9-7-11(8-10-13)15-14-16(18(22)19-17(14)21)24-20(15)12-5-3-2-4-6-12/h2-10,14-16H,1H3,(H,19,21,22)/t14-,15-,16-/m0/s1. The number of ether oxygens (including phenoxy) is 1. The van der Waals surface area contributed by atoms with Crippen LogP contribution in [0.4, 0.5) is 5.69 Å². The average molecular weight is 324 g/mol. The molecule has 122 valence electrons. The SMILES string of the molecule is COc1ccc([C@H]2[C@@H]3C(=O)NC(=O)[C@H]3ON2c2ccccc2)cc1. The van der Waals surface area contributed by atoms with Crippen molar-refractivity contribution in [3.05, 3.63) is 60.2 Å². The first-order chi connectivity index (χ1) is 11.7. The Labute approximate surface area is 138 Å². The first kappa shape index (κ1) is 14.7. The third-order valence-corrected chi connectivity index (χ3v) is 4.42. The van der Waals surface area contributed by atoms with Crippen LogP contribution in [0, 0.1) is 5.92 Å². The molecule has 1 N–H and O–H groups in total. The zero-order valence-corrected chi connectivity index (χ0v) is 13.0. The Morgan fingerprint density at radius 1 is 1.00 bits per heavy atom. The number of amides is 2. The zero-order chi connectivity index (χ0) is 16.7. The van der Waals surface area contributed by atoms with Gasteiger partial charge in [-0.2, -0.15) is 0 Å². The Balaban J connectivity index is 1.78. The summed E-state index contributed by atoms with van der Waals surface area (Å²) in [6.45, 7) is 0. The number of methoxy groups -OCH3 is 1. The first-order valence-corrected chi connectivity index (χ1v) is 7.69. The van der Waals surface area contributed by atoms with E-state index in [9.17, 15) is 9.59 Å². The van der Waals surface area contributed by atoms with Crippen LogP contribution in [-0.2, 0) is 14.4 Å². The van der Waals surface area contributed by atoms with Crippen molar-refractivity contribution in [1.82, 2.24) is 5.32 Å². The summed E-state index contributed by atoms with van der Waals surface area (Å²) in [5, 5.41) is 4.02. The monoisotopic (exact) mass is 324 g/mol. The third-order valence-electron chi connectivity index (χ3n) is 4.42. The summed E-state index contributed by atoms with van der Waals surface area (Å²) in [4.78, 5) is 30.2. The molecule has 0 radical (unpaired) electrons. The van der Waals surface area contributed by atoms with E-state index in [-0.39, 0.29) is 17.9 Å². The smallest absolute Gasteiger partial charge is 0.259 e. The van der Waals surface area contributed by atoms with Gasteiger partial charge in [0, 0.05) is 0 Å². The number of fused-ring (bicyclic) bond motifs is 1. The Morgan fingerprint density at radius 3 is 2.38 bits per heavy atom. The molecule has 0 aromatic heterocycles. The molecule has 2 aromatic carbocycles. The molecular weight excluding hydrogens is 308 g/mol. The second-order valence-electron chi connectivity index (χ2n) is 5.78. The van der Waals surface area contributed by atoms with Crippen molar-refractivity contribution < 1.29 is 19.2 Å². The van der Waals surface area contributed by atoms with Gasteiger partial charge in [0.05, 0.1) is 18.8 Å². The predicted molar refractivity (Wildman–Crippen MR) is 86.2 cm³/mol. The van der Waals surface area contributed by atoms with E-state index in [1.165, 1.54) is 0 Å². The molecule has 2 aromatic rings. The van der Waals surface area contributed by atoms with Gasteiger partial charge in [-0.15, -0.1) is 0 Å². The molecule has 3 atom stereocenters. The molecule has 24 heavy (non-hydrogen) atoms. The lowest BCUT2D eigenvalue weighted by Gasteiger charge is -2.27. The number of para-hydroxylation sites is 1. The van der Waals surface area contributed by atoms with Gasteiger partial charge < -0.3 is 4.74 Å². The van der Waals surface area contributed by atoms with Crippen molar-refractivity contribution in [2.24, 2.45) is 5.92 Å². The number of nitrogens with one attached hydrogen (secondary N) is 1. The highest BCUT2D eigenvalue weighted by atomic mass is 16.7. The third kappa shape index (κ3) is 2.23. The van der Waals surface area contributed by atoms with Gasteiger partial charge in [-0.05, 0) is 29.8 Å². The van der Waals surface area contributed by atoms with E-state index in [0.717, 1.165) is 17.0 Å². The van der Waals surface area contributed by atoms with Crippen LogP contribution in [0.3, 0.4) is 0 Å². The highest BCUT2D eigenvalue weighted by molar-refractivity contribution is 6.07. The normalized spacial score (nSPS) is 25.5. The minimum Gasteiger partial charge on any atom is -0.497 e. The molecule has 0 saturated carbocycles. The highest BCUT2D eigenvalue weighted by Crippen LogP contribution is 2.44. The Morgan fingerprint density at radius 2 is 1.71 bits per heavy atom. The second-order valence-corrected chi connectivity index (χ2v) is 5.78. The van der Waals surface area contributed by atoms with Crippen LogP contribution in [-0.4, -0.2) is 25.0 Å². The van der Waals surface area contributed by atoms with Crippen molar-refractivity contribution in [2.75, 3.05) is 12.2 Å². The summed E-state index contributed by atoms with van der Waals surface area (Å²) in [7, 11) is 1.60. The number of nitrogens with zero attached hydrogens (tertiary/aromatic N) is 1. The number of anilines is 1. The van der Waals surface area contributed by atoms with Crippen LogP contribution < -0.4 is 15.1 Å². The maximum atomic E-state index is 12.3. The molecule has 6 heteroatoms. The molecule has 2 fully saturated rings. The minimum absolute atomic E-state index is 0.302. The number of carbonyl (C=O) groups is 2. The van der Waals surface area contributed by atoms with Crippen LogP contribution in [0.1, 0.15) is 11.6 Å². The molecule has 2 saturated heterocycles. The molecule has 0 spiro atoms. The topological polar surface area (TPSA) is 67.9 Å². The highest BCUT2D eigenvalue weighted by Gasteiger charge is 2.56. The molecule has 2 heterocycles. The largest absolute Gasteiger partial charge is 0.497 e. The summed E-state index contributed by atoms with van der Waals surface area (Å²) in [6, 6.07) is 16.5. The van der Waals surface area contributed by atoms with Gasteiger partial charge in [-0.1, -0.05) is 30.3 Å². The molecular formula is C18H16N2O4. The van der Waals surface area contributed by atoms with Crippen molar-refractivity contribution in [1.29, 1.82) is 0 Å². The summed E-state index contributed by atoms with van der Waals surface area (Å²) in [5.74, 6) is -0.537. The molecule has 0 aliphatic carbocycles. The lowest BCUT2D eigenvalue weighted by molar-refractivity contribution is -0.129. The lowest BCUT2D eigenvalue weighted by atomic mass is 9.90. The maximum Gasteiger partial charge on any atom is 0.259 e. The lowest BCUT2D eigenvalue weighted by Crippen LogP contribution is -2.33. The van der Waals surface area contributed by atoms with Crippen LogP contribution in [0.15, 0.2) is 54.6 Å². The fraction of sp³-hybridized carbons (Fsp3) is 0.222. The Hall–Kier alpha value is -2.86. The van der Waals surface area contributed by atoms with Crippen molar-refractivity contribution >= 4 is 17.5 Å². The van der Waals surface area contributed by atoms with Gasteiger partial charge in [0.15, 0.2) is 6.10 Å². The van der Waals surface area contributed by atoms with E-state index < -0.39 is 12.0 Å². The van der Waals surface area contributed by atoms with Gasteiger partial charge >= 0.3 is 0 Å². The number of hydrogen-bond donors (Lipinski definition) is 1. The molecule has 4 rings (SSSR count). The first-order valence-electron chi connectivity index (χ1n) is 7.69. The quantitative estimate of drug-likeness (QED) is 0.873. The predicted octanol–water partition coefficient (Wildman–Crippen LogP) is 1.83. The number of carbonyl (C=O) groups excluding carboxylic acids is 2. The summed E-state index contributed by atoms with van der Waals surface area (Å²) >= 11 is 0. The molecule has 2 aliphatic rings. The van der Waals surface area contributed by atoms with Crippen molar-refractivity contribution in [3.8, 4) is 5.75 Å². The van der Waals surface area contributed by atoms with E-state index in [1.807, 2.05) is 54.6 Å². The van der Waals surface area contributed by atoms with Gasteiger partial charge in [0.1, 0.15) is 11.7 Å². The van der Waals surface area contributed by atoms with Gasteiger partial charge in [0.25, 0.3) is 5.91 Å². The van der Waals surface area contributed by atoms with E-state index in [4.69, 9.17) is 9.57 Å². The van der Waals surface area contributed by atoms with Crippen LogP contribution in [0.25, 0.3) is 0 Å².